The molecule has 3 aromatic carbocycles. The second-order valence-corrected chi connectivity index (χ2v) is 9.73. The molecule has 0 aliphatic carbocycles. The van der Waals surface area contributed by atoms with E-state index in [1.807, 2.05) is 25.9 Å². The van der Waals surface area contributed by atoms with Crippen molar-refractivity contribution in [3.05, 3.63) is 89.2 Å². The first kappa shape index (κ1) is 25.2. The van der Waals surface area contributed by atoms with Crippen LogP contribution in [0.15, 0.2) is 71.6 Å². The summed E-state index contributed by atoms with van der Waals surface area (Å²) in [5.74, 6) is -0.707. The molecule has 0 saturated carbocycles. The van der Waals surface area contributed by atoms with E-state index in [2.05, 4.69) is 10.0 Å². The molecule has 1 atom stereocenters. The average Bonchev–Trinajstić information content (AvgIpc) is 2.80. The Morgan fingerprint density at radius 2 is 1.76 bits per heavy atom. The summed E-state index contributed by atoms with van der Waals surface area (Å²) in [6, 6.07) is 17.0. The number of nitrogens with zero attached hydrogens (tertiary/aromatic N) is 1. The van der Waals surface area contributed by atoms with Gasteiger partial charge < -0.3 is 15.0 Å². The van der Waals surface area contributed by atoms with Crippen LogP contribution in [-0.2, 0) is 10.0 Å². The van der Waals surface area contributed by atoms with E-state index < -0.39 is 15.9 Å². The summed E-state index contributed by atoms with van der Waals surface area (Å²) < 4.78 is 47.5. The number of aryl methyl sites for hydroxylation is 1. The third-order valence-corrected chi connectivity index (χ3v) is 6.73. The fraction of sp³-hybridized carbons (Fsp3) is 0.240. The number of amides is 1. The molecule has 3 rings (SSSR count). The highest BCUT2D eigenvalue weighted by Crippen LogP contribution is 2.27. The van der Waals surface area contributed by atoms with Crippen molar-refractivity contribution < 1.29 is 22.3 Å². The van der Waals surface area contributed by atoms with Crippen LogP contribution in [0.1, 0.15) is 27.5 Å². The Balaban J connectivity index is 1.82. The molecule has 9 heteroatoms. The molecule has 0 aromatic heterocycles. The number of likely N-dealkylation sites (N-methyl/N-ethyl adjacent to an activating group) is 1. The molecule has 1 unspecified atom stereocenters. The number of carbonyl (C=O) groups excluding carboxylic acids is 1. The molecule has 0 heterocycles. The number of halogens is 1. The fourth-order valence-electron chi connectivity index (χ4n) is 3.46. The molecule has 0 bridgehead atoms. The molecule has 7 nitrogen and oxygen atoms in total. The van der Waals surface area contributed by atoms with Crippen molar-refractivity contribution in [2.24, 2.45) is 0 Å². The number of rotatable bonds is 9. The molecule has 0 aliphatic heterocycles. The molecular formula is C25H28FN3O4S. The lowest BCUT2D eigenvalue weighted by Gasteiger charge is -2.25. The zero-order chi connectivity index (χ0) is 24.9. The monoisotopic (exact) mass is 485 g/mol. The molecule has 1 amide bonds. The molecule has 0 radical (unpaired) electrons. The van der Waals surface area contributed by atoms with Crippen LogP contribution in [0.4, 0.5) is 10.1 Å². The lowest BCUT2D eigenvalue weighted by atomic mass is 10.1. The Bertz CT molecular complexity index is 1260. The van der Waals surface area contributed by atoms with Crippen LogP contribution in [0, 0.1) is 12.7 Å². The summed E-state index contributed by atoms with van der Waals surface area (Å²) >= 11 is 0. The van der Waals surface area contributed by atoms with E-state index in [0.717, 1.165) is 5.56 Å². The van der Waals surface area contributed by atoms with E-state index in [9.17, 15) is 17.6 Å². The number of hydrogen-bond acceptors (Lipinski definition) is 5. The molecule has 34 heavy (non-hydrogen) atoms. The van der Waals surface area contributed by atoms with Gasteiger partial charge in [-0.05, 0) is 69.0 Å². The van der Waals surface area contributed by atoms with Gasteiger partial charge in [-0.2, -0.15) is 0 Å². The van der Waals surface area contributed by atoms with E-state index in [4.69, 9.17) is 4.74 Å². The lowest BCUT2D eigenvalue weighted by Crippen LogP contribution is -2.34. The first-order valence-electron chi connectivity index (χ1n) is 10.6. The summed E-state index contributed by atoms with van der Waals surface area (Å²) in [6.07, 6.45) is 0. The van der Waals surface area contributed by atoms with Crippen molar-refractivity contribution in [2.75, 3.05) is 32.5 Å². The van der Waals surface area contributed by atoms with Crippen molar-refractivity contribution in [3.63, 3.8) is 0 Å². The maximum atomic E-state index is 13.7. The van der Waals surface area contributed by atoms with Crippen LogP contribution in [0.2, 0.25) is 0 Å². The van der Waals surface area contributed by atoms with Gasteiger partial charge in [0.1, 0.15) is 16.5 Å². The first-order chi connectivity index (χ1) is 16.1. The number of benzene rings is 3. The molecule has 0 fully saturated rings. The van der Waals surface area contributed by atoms with Gasteiger partial charge in [0.15, 0.2) is 0 Å². The minimum atomic E-state index is -4.02. The maximum Gasteiger partial charge on any atom is 0.265 e. The van der Waals surface area contributed by atoms with Gasteiger partial charge >= 0.3 is 0 Å². The maximum absolute atomic E-state index is 13.7. The SMILES string of the molecule is COc1ccc(C(=O)NCC(c2cccc(F)c2)N(C)C)cc1S(=O)(=O)Nc1ccc(C)cc1. The number of carbonyl (C=O) groups is 1. The first-order valence-corrected chi connectivity index (χ1v) is 12.1. The second kappa shape index (κ2) is 10.7. The second-order valence-electron chi connectivity index (χ2n) is 8.08. The van der Waals surface area contributed by atoms with Crippen molar-refractivity contribution in [1.82, 2.24) is 10.2 Å². The molecule has 180 valence electrons. The van der Waals surface area contributed by atoms with Gasteiger partial charge in [0.25, 0.3) is 15.9 Å². The highest BCUT2D eigenvalue weighted by molar-refractivity contribution is 7.92. The summed E-state index contributed by atoms with van der Waals surface area (Å²) in [5, 5.41) is 2.81. The summed E-state index contributed by atoms with van der Waals surface area (Å²) in [5.41, 5.74) is 2.26. The van der Waals surface area contributed by atoms with Crippen LogP contribution < -0.4 is 14.8 Å². The van der Waals surface area contributed by atoms with Crippen LogP contribution >= 0.6 is 0 Å². The number of ether oxygens (including phenoxy) is 1. The van der Waals surface area contributed by atoms with Gasteiger partial charge in [-0.1, -0.05) is 29.8 Å². The Morgan fingerprint density at radius 3 is 2.38 bits per heavy atom. The lowest BCUT2D eigenvalue weighted by molar-refractivity contribution is 0.0941. The van der Waals surface area contributed by atoms with Crippen molar-refractivity contribution in [2.45, 2.75) is 17.9 Å². The van der Waals surface area contributed by atoms with E-state index >= 15 is 0 Å². The molecule has 0 aliphatic rings. The smallest absolute Gasteiger partial charge is 0.265 e. The van der Waals surface area contributed by atoms with Crippen molar-refractivity contribution in [3.8, 4) is 5.75 Å². The average molecular weight is 486 g/mol. The van der Waals surface area contributed by atoms with Crippen LogP contribution in [0.25, 0.3) is 0 Å². The number of sulfonamides is 1. The van der Waals surface area contributed by atoms with E-state index in [-0.39, 0.29) is 34.6 Å². The number of anilines is 1. The van der Waals surface area contributed by atoms with Gasteiger partial charge in [-0.15, -0.1) is 0 Å². The van der Waals surface area contributed by atoms with Gasteiger partial charge in [-0.25, -0.2) is 12.8 Å². The minimum Gasteiger partial charge on any atom is -0.495 e. The predicted molar refractivity (Wildman–Crippen MR) is 130 cm³/mol. The normalized spacial score (nSPS) is 12.3. The highest BCUT2D eigenvalue weighted by Gasteiger charge is 2.23. The summed E-state index contributed by atoms with van der Waals surface area (Å²) in [7, 11) is 0.999. The standard InChI is InChI=1S/C25H28FN3O4S/c1-17-8-11-21(12-9-17)28-34(31,32)24-15-19(10-13-23(24)33-4)25(30)27-16-22(29(2)3)18-6-5-7-20(26)14-18/h5-15,22,28H,16H2,1-4H3,(H,27,30). The van der Waals surface area contributed by atoms with Crippen LogP contribution in [0.5, 0.6) is 5.75 Å². The Hall–Kier alpha value is -3.43. The van der Waals surface area contributed by atoms with Gasteiger partial charge in [-0.3, -0.25) is 9.52 Å². The molecular weight excluding hydrogens is 457 g/mol. The van der Waals surface area contributed by atoms with Crippen molar-refractivity contribution in [1.29, 1.82) is 0 Å². The topological polar surface area (TPSA) is 87.7 Å². The third kappa shape index (κ3) is 6.12. The minimum absolute atomic E-state index is 0.113. The Labute approximate surface area is 199 Å². The summed E-state index contributed by atoms with van der Waals surface area (Å²) in [4.78, 5) is 14.6. The zero-order valence-corrected chi connectivity index (χ0v) is 20.3. The molecule has 0 spiro atoms. The summed E-state index contributed by atoms with van der Waals surface area (Å²) in [6.45, 7) is 2.10. The van der Waals surface area contributed by atoms with Gasteiger partial charge in [0.05, 0.1) is 13.2 Å². The van der Waals surface area contributed by atoms with Gasteiger partial charge in [0, 0.05) is 17.8 Å². The van der Waals surface area contributed by atoms with E-state index in [0.29, 0.717) is 11.3 Å². The Morgan fingerprint density at radius 1 is 1.06 bits per heavy atom. The van der Waals surface area contributed by atoms with E-state index in [1.165, 1.54) is 37.4 Å². The number of hydrogen-bond donors (Lipinski definition) is 2. The fourth-order valence-corrected chi connectivity index (χ4v) is 4.72. The quantitative estimate of drug-likeness (QED) is 0.479. The molecule has 3 aromatic rings. The molecule has 2 N–H and O–H groups in total. The zero-order valence-electron chi connectivity index (χ0n) is 19.5. The van der Waals surface area contributed by atoms with Gasteiger partial charge in [0.2, 0.25) is 0 Å². The molecule has 0 saturated heterocycles. The predicted octanol–water partition coefficient (Wildman–Crippen LogP) is 3.98. The Kier molecular flexibility index (Phi) is 7.90. The number of nitrogens with one attached hydrogen (secondary N) is 2. The van der Waals surface area contributed by atoms with Crippen LogP contribution in [-0.4, -0.2) is 47.0 Å². The van der Waals surface area contributed by atoms with Crippen molar-refractivity contribution >= 4 is 21.6 Å². The largest absolute Gasteiger partial charge is 0.495 e. The van der Waals surface area contributed by atoms with Crippen LogP contribution in [0.3, 0.4) is 0 Å². The number of methoxy groups -OCH3 is 1. The third-order valence-electron chi connectivity index (χ3n) is 5.33. The van der Waals surface area contributed by atoms with E-state index in [1.54, 1.807) is 36.4 Å². The highest BCUT2D eigenvalue weighted by atomic mass is 32.2.